The van der Waals surface area contributed by atoms with Crippen LogP contribution in [0, 0.1) is 0 Å². The standard InChI is InChI=1S/C13H10ClN3/c14-9-3-1-4-10(7-9)17-12-8-16-11-5-2-6-15-13(11)12/h1-8,16-17H. The van der Waals surface area contributed by atoms with Crippen LogP contribution in [0.25, 0.3) is 11.0 Å². The molecule has 0 fully saturated rings. The Labute approximate surface area is 103 Å². The van der Waals surface area contributed by atoms with Gasteiger partial charge in [-0.05, 0) is 30.3 Å². The zero-order valence-corrected chi connectivity index (χ0v) is 9.70. The average Bonchev–Trinajstić information content (AvgIpc) is 2.73. The Morgan fingerprint density at radius 2 is 2.12 bits per heavy atom. The van der Waals surface area contributed by atoms with E-state index in [1.165, 1.54) is 0 Å². The molecule has 3 nitrogen and oxygen atoms in total. The van der Waals surface area contributed by atoms with Crippen LogP contribution in [0.3, 0.4) is 0 Å². The predicted octanol–water partition coefficient (Wildman–Crippen LogP) is 3.96. The fraction of sp³-hybridized carbons (Fsp3) is 0. The van der Waals surface area contributed by atoms with Crippen LogP contribution in [0.4, 0.5) is 11.4 Å². The highest BCUT2D eigenvalue weighted by Crippen LogP contribution is 2.25. The molecule has 1 aromatic carbocycles. The molecule has 0 aliphatic heterocycles. The molecule has 3 rings (SSSR count). The predicted molar refractivity (Wildman–Crippen MR) is 70.8 cm³/mol. The van der Waals surface area contributed by atoms with E-state index in [4.69, 9.17) is 11.6 Å². The first-order chi connectivity index (χ1) is 8.33. The Hall–Kier alpha value is -2.00. The molecule has 0 amide bonds. The summed E-state index contributed by atoms with van der Waals surface area (Å²) in [4.78, 5) is 7.50. The van der Waals surface area contributed by atoms with E-state index in [0.29, 0.717) is 5.02 Å². The summed E-state index contributed by atoms with van der Waals surface area (Å²) in [6, 6.07) is 11.5. The molecule has 0 aliphatic rings. The quantitative estimate of drug-likeness (QED) is 0.715. The number of fused-ring (bicyclic) bond motifs is 1. The average molecular weight is 244 g/mol. The van der Waals surface area contributed by atoms with Crippen molar-refractivity contribution >= 4 is 34.0 Å². The van der Waals surface area contributed by atoms with Gasteiger partial charge in [0, 0.05) is 23.1 Å². The normalized spacial score (nSPS) is 10.6. The summed E-state index contributed by atoms with van der Waals surface area (Å²) in [6.07, 6.45) is 3.68. The molecule has 0 saturated heterocycles. The third kappa shape index (κ3) is 1.97. The number of hydrogen-bond acceptors (Lipinski definition) is 2. The van der Waals surface area contributed by atoms with E-state index in [1.807, 2.05) is 42.6 Å². The highest BCUT2D eigenvalue weighted by Gasteiger charge is 2.04. The number of pyridine rings is 1. The second-order valence-electron chi connectivity index (χ2n) is 3.74. The Balaban J connectivity index is 2.00. The largest absolute Gasteiger partial charge is 0.358 e. The van der Waals surface area contributed by atoms with E-state index in [-0.39, 0.29) is 0 Å². The lowest BCUT2D eigenvalue weighted by atomic mass is 10.3. The van der Waals surface area contributed by atoms with Gasteiger partial charge in [-0.3, -0.25) is 4.98 Å². The number of H-pyrrole nitrogens is 1. The van der Waals surface area contributed by atoms with Gasteiger partial charge in [0.15, 0.2) is 0 Å². The summed E-state index contributed by atoms with van der Waals surface area (Å²) in [6.45, 7) is 0. The second kappa shape index (κ2) is 4.11. The van der Waals surface area contributed by atoms with Gasteiger partial charge < -0.3 is 10.3 Å². The fourth-order valence-electron chi connectivity index (χ4n) is 1.77. The number of nitrogens with zero attached hydrogens (tertiary/aromatic N) is 1. The van der Waals surface area contributed by atoms with Crippen molar-refractivity contribution < 1.29 is 0 Å². The van der Waals surface area contributed by atoms with Crippen molar-refractivity contribution in [2.45, 2.75) is 0 Å². The summed E-state index contributed by atoms with van der Waals surface area (Å²) in [5.41, 5.74) is 3.83. The summed E-state index contributed by atoms with van der Waals surface area (Å²) in [5.74, 6) is 0. The smallest absolute Gasteiger partial charge is 0.111 e. The Bertz CT molecular complexity index is 660. The Morgan fingerprint density at radius 1 is 1.18 bits per heavy atom. The molecule has 0 spiro atoms. The maximum absolute atomic E-state index is 5.94. The van der Waals surface area contributed by atoms with Crippen LogP contribution in [0.5, 0.6) is 0 Å². The minimum absolute atomic E-state index is 0.711. The SMILES string of the molecule is Clc1cccc(Nc2c[nH]c3cccnc23)c1. The lowest BCUT2D eigenvalue weighted by Crippen LogP contribution is -1.89. The van der Waals surface area contributed by atoms with Crippen molar-refractivity contribution in [1.29, 1.82) is 0 Å². The molecule has 0 aliphatic carbocycles. The molecule has 4 heteroatoms. The van der Waals surface area contributed by atoms with Crippen molar-refractivity contribution in [1.82, 2.24) is 9.97 Å². The van der Waals surface area contributed by atoms with Crippen LogP contribution in [-0.4, -0.2) is 9.97 Å². The molecule has 0 atom stereocenters. The molecular formula is C13H10ClN3. The minimum Gasteiger partial charge on any atom is -0.358 e. The number of rotatable bonds is 2. The molecule has 0 unspecified atom stereocenters. The first-order valence-corrected chi connectivity index (χ1v) is 5.65. The fourth-order valence-corrected chi connectivity index (χ4v) is 1.96. The van der Waals surface area contributed by atoms with Crippen LogP contribution < -0.4 is 5.32 Å². The van der Waals surface area contributed by atoms with Crippen LogP contribution in [0.1, 0.15) is 0 Å². The van der Waals surface area contributed by atoms with E-state index >= 15 is 0 Å². The van der Waals surface area contributed by atoms with E-state index in [0.717, 1.165) is 22.4 Å². The van der Waals surface area contributed by atoms with Crippen LogP contribution in [0.15, 0.2) is 48.8 Å². The van der Waals surface area contributed by atoms with Crippen molar-refractivity contribution in [3.05, 3.63) is 53.8 Å². The molecule has 0 saturated carbocycles. The monoisotopic (exact) mass is 243 g/mol. The Morgan fingerprint density at radius 3 is 3.00 bits per heavy atom. The first kappa shape index (κ1) is 10.2. The third-order valence-corrected chi connectivity index (χ3v) is 2.77. The third-order valence-electron chi connectivity index (χ3n) is 2.54. The molecule has 17 heavy (non-hydrogen) atoms. The lowest BCUT2D eigenvalue weighted by molar-refractivity contribution is 1.41. The number of hydrogen-bond donors (Lipinski definition) is 2. The van der Waals surface area contributed by atoms with Gasteiger partial charge in [0.25, 0.3) is 0 Å². The van der Waals surface area contributed by atoms with E-state index in [2.05, 4.69) is 15.3 Å². The van der Waals surface area contributed by atoms with Crippen LogP contribution in [-0.2, 0) is 0 Å². The van der Waals surface area contributed by atoms with Gasteiger partial charge in [0.1, 0.15) is 5.52 Å². The zero-order valence-electron chi connectivity index (χ0n) is 8.94. The highest BCUT2D eigenvalue weighted by atomic mass is 35.5. The molecule has 0 radical (unpaired) electrons. The number of aromatic nitrogens is 2. The van der Waals surface area contributed by atoms with E-state index in [9.17, 15) is 0 Å². The lowest BCUT2D eigenvalue weighted by Gasteiger charge is -2.04. The molecule has 2 aromatic heterocycles. The van der Waals surface area contributed by atoms with Crippen molar-refractivity contribution in [3.8, 4) is 0 Å². The molecule has 2 heterocycles. The van der Waals surface area contributed by atoms with Crippen molar-refractivity contribution in [2.24, 2.45) is 0 Å². The number of benzene rings is 1. The molecule has 0 bridgehead atoms. The van der Waals surface area contributed by atoms with Gasteiger partial charge in [-0.2, -0.15) is 0 Å². The topological polar surface area (TPSA) is 40.7 Å². The van der Waals surface area contributed by atoms with Crippen LogP contribution >= 0.6 is 11.6 Å². The zero-order chi connectivity index (χ0) is 11.7. The number of aromatic amines is 1. The van der Waals surface area contributed by atoms with Crippen LogP contribution in [0.2, 0.25) is 5.02 Å². The molecule has 3 aromatic rings. The number of nitrogens with one attached hydrogen (secondary N) is 2. The summed E-state index contributed by atoms with van der Waals surface area (Å²) < 4.78 is 0. The number of halogens is 1. The van der Waals surface area contributed by atoms with Crippen molar-refractivity contribution in [3.63, 3.8) is 0 Å². The van der Waals surface area contributed by atoms with Crippen molar-refractivity contribution in [2.75, 3.05) is 5.32 Å². The summed E-state index contributed by atoms with van der Waals surface area (Å²) >= 11 is 5.94. The first-order valence-electron chi connectivity index (χ1n) is 5.27. The highest BCUT2D eigenvalue weighted by molar-refractivity contribution is 6.30. The minimum atomic E-state index is 0.711. The molecular weight excluding hydrogens is 234 g/mol. The van der Waals surface area contributed by atoms with Gasteiger partial charge >= 0.3 is 0 Å². The molecule has 2 N–H and O–H groups in total. The maximum atomic E-state index is 5.94. The molecule has 84 valence electrons. The maximum Gasteiger partial charge on any atom is 0.111 e. The van der Waals surface area contributed by atoms with E-state index in [1.54, 1.807) is 6.20 Å². The van der Waals surface area contributed by atoms with Gasteiger partial charge in [-0.1, -0.05) is 17.7 Å². The van der Waals surface area contributed by atoms with Gasteiger partial charge in [0.2, 0.25) is 0 Å². The van der Waals surface area contributed by atoms with Gasteiger partial charge in [0.05, 0.1) is 11.2 Å². The second-order valence-corrected chi connectivity index (χ2v) is 4.17. The number of anilines is 2. The summed E-state index contributed by atoms with van der Waals surface area (Å²) in [5, 5.41) is 4.00. The van der Waals surface area contributed by atoms with E-state index < -0.39 is 0 Å². The summed E-state index contributed by atoms with van der Waals surface area (Å²) in [7, 11) is 0. The Kier molecular flexibility index (Phi) is 2.46. The van der Waals surface area contributed by atoms with Gasteiger partial charge in [-0.25, -0.2) is 0 Å². The van der Waals surface area contributed by atoms with Gasteiger partial charge in [-0.15, -0.1) is 0 Å².